The molecule has 256 valence electrons. The lowest BCUT2D eigenvalue weighted by atomic mass is 10.1. The van der Waals surface area contributed by atoms with Gasteiger partial charge in [0.25, 0.3) is 0 Å². The van der Waals surface area contributed by atoms with E-state index in [0.717, 1.165) is 83.5 Å². The van der Waals surface area contributed by atoms with Crippen LogP contribution in [0.25, 0.3) is 0 Å². The normalized spacial score (nSPS) is 13.0. The number of aliphatic hydroxyl groups excluding tert-OH is 1. The minimum absolute atomic E-state index is 0.0757. The summed E-state index contributed by atoms with van der Waals surface area (Å²) in [6.07, 6.45) is 47.0. The van der Waals surface area contributed by atoms with Crippen LogP contribution in [0.4, 0.5) is 0 Å². The molecule has 1 N–H and O–H groups in total. The van der Waals surface area contributed by atoms with Crippen molar-refractivity contribution in [3.05, 3.63) is 72.9 Å². The molecular weight excluding hydrogens is 560 g/mol. The zero-order valence-electron chi connectivity index (χ0n) is 28.8. The van der Waals surface area contributed by atoms with Crippen LogP contribution in [-0.4, -0.2) is 36.4 Å². The standard InChI is InChI=1S/C40H66O5/c1-3-5-7-9-11-12-13-14-15-16-17-18-19-20-21-22-23-24-25-26-27-28-29-31-33-35-40(43)45-38(36-41)37-44-39(42)34-32-30-10-8-6-4-2/h5,7,11-12,14-15,17-18,20-21,23-24,38,41H,3-4,6,8-10,13,16,19,22,25-37H2,1-2H3/b7-5-,12-11-,15-14-,18-17-,21-20-,24-23-. The fourth-order valence-electron chi connectivity index (χ4n) is 4.55. The van der Waals surface area contributed by atoms with Crippen molar-refractivity contribution in [2.45, 2.75) is 155 Å². The Hall–Kier alpha value is -2.66. The molecule has 0 aromatic rings. The molecule has 0 radical (unpaired) electrons. The third kappa shape index (κ3) is 34.1. The highest BCUT2D eigenvalue weighted by Crippen LogP contribution is 2.11. The molecule has 1 atom stereocenters. The second-order valence-electron chi connectivity index (χ2n) is 11.6. The summed E-state index contributed by atoms with van der Waals surface area (Å²) in [6, 6.07) is 0. The lowest BCUT2D eigenvalue weighted by Crippen LogP contribution is -2.28. The largest absolute Gasteiger partial charge is 0.462 e. The highest BCUT2D eigenvalue weighted by atomic mass is 16.6. The molecule has 5 nitrogen and oxygen atoms in total. The van der Waals surface area contributed by atoms with E-state index in [2.05, 4.69) is 86.8 Å². The van der Waals surface area contributed by atoms with E-state index in [1.165, 1.54) is 38.5 Å². The number of hydrogen-bond acceptors (Lipinski definition) is 5. The maximum absolute atomic E-state index is 12.1. The average Bonchev–Trinajstić information content (AvgIpc) is 3.04. The zero-order chi connectivity index (χ0) is 32.9. The highest BCUT2D eigenvalue weighted by molar-refractivity contribution is 5.70. The van der Waals surface area contributed by atoms with Crippen molar-refractivity contribution in [2.24, 2.45) is 0 Å². The van der Waals surface area contributed by atoms with Gasteiger partial charge in [0.1, 0.15) is 6.61 Å². The van der Waals surface area contributed by atoms with Gasteiger partial charge >= 0.3 is 11.9 Å². The van der Waals surface area contributed by atoms with Gasteiger partial charge < -0.3 is 14.6 Å². The maximum Gasteiger partial charge on any atom is 0.306 e. The summed E-state index contributed by atoms with van der Waals surface area (Å²) in [5.74, 6) is -0.625. The molecule has 0 amide bonds. The number of esters is 2. The molecule has 0 heterocycles. The van der Waals surface area contributed by atoms with Gasteiger partial charge in [-0.05, 0) is 64.2 Å². The molecule has 0 aromatic carbocycles. The number of aliphatic hydroxyl groups is 1. The van der Waals surface area contributed by atoms with Crippen LogP contribution in [0, 0.1) is 0 Å². The molecule has 5 heteroatoms. The molecule has 45 heavy (non-hydrogen) atoms. The van der Waals surface area contributed by atoms with E-state index >= 15 is 0 Å². The van der Waals surface area contributed by atoms with Crippen LogP contribution in [-0.2, 0) is 19.1 Å². The van der Waals surface area contributed by atoms with Gasteiger partial charge in [0.15, 0.2) is 6.10 Å². The molecule has 0 bridgehead atoms. The Kier molecular flexibility index (Phi) is 33.7. The second-order valence-corrected chi connectivity index (χ2v) is 11.6. The fourth-order valence-corrected chi connectivity index (χ4v) is 4.55. The summed E-state index contributed by atoms with van der Waals surface area (Å²) in [5, 5.41) is 9.47. The summed E-state index contributed by atoms with van der Waals surface area (Å²) in [5.41, 5.74) is 0. The van der Waals surface area contributed by atoms with E-state index in [-0.39, 0.29) is 25.2 Å². The van der Waals surface area contributed by atoms with Gasteiger partial charge in [-0.15, -0.1) is 0 Å². The first-order valence-corrected chi connectivity index (χ1v) is 18.0. The number of ether oxygens (including phenoxy) is 2. The van der Waals surface area contributed by atoms with Crippen LogP contribution in [0.3, 0.4) is 0 Å². The highest BCUT2D eigenvalue weighted by Gasteiger charge is 2.16. The third-order valence-corrected chi connectivity index (χ3v) is 7.26. The number of carbonyl (C=O) groups excluding carboxylic acids is 2. The molecule has 0 rings (SSSR count). The van der Waals surface area contributed by atoms with Crippen molar-refractivity contribution in [1.82, 2.24) is 0 Å². The Morgan fingerprint density at radius 2 is 0.956 bits per heavy atom. The Balaban J connectivity index is 3.62. The number of allylic oxidation sites excluding steroid dienone is 12. The summed E-state index contributed by atoms with van der Waals surface area (Å²) in [7, 11) is 0. The first kappa shape index (κ1) is 42.3. The van der Waals surface area contributed by atoms with Crippen LogP contribution in [0.15, 0.2) is 72.9 Å². The zero-order valence-corrected chi connectivity index (χ0v) is 28.8. The molecule has 0 aliphatic carbocycles. The first-order chi connectivity index (χ1) is 22.1. The molecule has 0 aromatic heterocycles. The topological polar surface area (TPSA) is 72.8 Å². The van der Waals surface area contributed by atoms with E-state index in [4.69, 9.17) is 9.47 Å². The molecule has 0 fully saturated rings. The molecule has 0 saturated carbocycles. The van der Waals surface area contributed by atoms with Crippen molar-refractivity contribution >= 4 is 11.9 Å². The van der Waals surface area contributed by atoms with E-state index in [9.17, 15) is 14.7 Å². The van der Waals surface area contributed by atoms with Crippen molar-refractivity contribution in [3.63, 3.8) is 0 Å². The van der Waals surface area contributed by atoms with Gasteiger partial charge in [0.2, 0.25) is 0 Å². The van der Waals surface area contributed by atoms with Crippen LogP contribution in [0.5, 0.6) is 0 Å². The van der Waals surface area contributed by atoms with Gasteiger partial charge in [0, 0.05) is 12.8 Å². The van der Waals surface area contributed by atoms with Crippen molar-refractivity contribution in [1.29, 1.82) is 0 Å². The summed E-state index contributed by atoms with van der Waals surface area (Å²) in [6.45, 7) is 3.92. The number of unbranched alkanes of at least 4 members (excludes halogenated alkanes) is 11. The summed E-state index contributed by atoms with van der Waals surface area (Å²) in [4.78, 5) is 24.0. The van der Waals surface area contributed by atoms with Crippen molar-refractivity contribution < 1.29 is 24.2 Å². The summed E-state index contributed by atoms with van der Waals surface area (Å²) < 4.78 is 10.5. The minimum atomic E-state index is -0.778. The third-order valence-electron chi connectivity index (χ3n) is 7.26. The lowest BCUT2D eigenvalue weighted by molar-refractivity contribution is -0.161. The average molecular weight is 627 g/mol. The Bertz CT molecular complexity index is 849. The van der Waals surface area contributed by atoms with Crippen LogP contribution < -0.4 is 0 Å². The minimum Gasteiger partial charge on any atom is -0.462 e. The van der Waals surface area contributed by atoms with Gasteiger partial charge in [0.05, 0.1) is 6.61 Å². The van der Waals surface area contributed by atoms with E-state index in [0.29, 0.717) is 12.8 Å². The molecule has 0 aliphatic heterocycles. The molecule has 0 saturated heterocycles. The second kappa shape index (κ2) is 35.8. The van der Waals surface area contributed by atoms with Crippen molar-refractivity contribution in [2.75, 3.05) is 13.2 Å². The SMILES string of the molecule is CC/C=C\C/C=C\C/C=C\C/C=C\C/C=C\C/C=C\CCCCCCCCC(=O)OC(CO)COC(=O)CCCCCCCC. The number of rotatable bonds is 31. The van der Waals surface area contributed by atoms with E-state index < -0.39 is 6.10 Å². The smallest absolute Gasteiger partial charge is 0.306 e. The van der Waals surface area contributed by atoms with Gasteiger partial charge in [-0.25, -0.2) is 0 Å². The van der Waals surface area contributed by atoms with Crippen molar-refractivity contribution in [3.8, 4) is 0 Å². The fraction of sp³-hybridized carbons (Fsp3) is 0.650. The molecule has 1 unspecified atom stereocenters. The van der Waals surface area contributed by atoms with Gasteiger partial charge in [-0.2, -0.15) is 0 Å². The molecule has 0 spiro atoms. The lowest BCUT2D eigenvalue weighted by Gasteiger charge is -2.15. The van der Waals surface area contributed by atoms with Crippen LogP contribution >= 0.6 is 0 Å². The monoisotopic (exact) mass is 626 g/mol. The Morgan fingerprint density at radius 1 is 0.533 bits per heavy atom. The Labute approximate surface area is 276 Å². The van der Waals surface area contributed by atoms with E-state index in [1.54, 1.807) is 0 Å². The first-order valence-electron chi connectivity index (χ1n) is 18.0. The predicted molar refractivity (Wildman–Crippen MR) is 191 cm³/mol. The molecule has 0 aliphatic rings. The predicted octanol–water partition coefficient (Wildman–Crippen LogP) is 11.0. The van der Waals surface area contributed by atoms with Gasteiger partial charge in [-0.1, -0.05) is 145 Å². The van der Waals surface area contributed by atoms with E-state index in [1.807, 2.05) is 0 Å². The molecular formula is C40H66O5. The van der Waals surface area contributed by atoms with Crippen LogP contribution in [0.1, 0.15) is 149 Å². The van der Waals surface area contributed by atoms with Gasteiger partial charge in [-0.3, -0.25) is 9.59 Å². The number of carbonyl (C=O) groups is 2. The number of hydrogen-bond donors (Lipinski definition) is 1. The quantitative estimate of drug-likeness (QED) is 0.0471. The summed E-state index contributed by atoms with van der Waals surface area (Å²) >= 11 is 0. The Morgan fingerprint density at radius 3 is 1.44 bits per heavy atom. The van der Waals surface area contributed by atoms with Crippen LogP contribution in [0.2, 0.25) is 0 Å². The maximum atomic E-state index is 12.1.